The second kappa shape index (κ2) is 7.61. The molecule has 0 aliphatic carbocycles. The number of rotatable bonds is 5. The first-order valence-electron chi connectivity index (χ1n) is 7.59. The molecule has 7 heteroatoms. The minimum atomic E-state index is -0.910. The molecule has 0 aromatic heterocycles. The lowest BCUT2D eigenvalue weighted by molar-refractivity contribution is -0.142. The van der Waals surface area contributed by atoms with E-state index in [9.17, 15) is 14.7 Å². The Labute approximate surface area is 124 Å². The first-order valence-corrected chi connectivity index (χ1v) is 7.59. The van der Waals surface area contributed by atoms with E-state index in [4.69, 9.17) is 9.47 Å². The minimum Gasteiger partial charge on any atom is -0.481 e. The molecule has 2 heterocycles. The van der Waals surface area contributed by atoms with Crippen molar-refractivity contribution >= 4 is 12.0 Å². The molecule has 120 valence electrons. The standard InChI is InChI=1S/C14H24N2O5/c1-2-5-16(12-9-21-8-11(12)13(17)18)14(19)15-10-4-3-6-20-7-10/h10-12H,2-9H2,1H3,(H,15,19)(H,17,18). The Balaban J connectivity index is 1.99. The van der Waals surface area contributed by atoms with Crippen molar-refractivity contribution in [2.75, 3.05) is 33.0 Å². The van der Waals surface area contributed by atoms with Crippen LogP contribution in [-0.4, -0.2) is 67.1 Å². The van der Waals surface area contributed by atoms with Gasteiger partial charge in [0.1, 0.15) is 5.92 Å². The zero-order valence-electron chi connectivity index (χ0n) is 12.4. The van der Waals surface area contributed by atoms with Crippen LogP contribution in [0.15, 0.2) is 0 Å². The Hall–Kier alpha value is -1.34. The van der Waals surface area contributed by atoms with Gasteiger partial charge in [0.2, 0.25) is 0 Å². The van der Waals surface area contributed by atoms with E-state index in [0.717, 1.165) is 25.9 Å². The molecule has 7 nitrogen and oxygen atoms in total. The fourth-order valence-electron chi connectivity index (χ4n) is 2.86. The maximum Gasteiger partial charge on any atom is 0.318 e. The van der Waals surface area contributed by atoms with Crippen LogP contribution in [0.1, 0.15) is 26.2 Å². The van der Waals surface area contributed by atoms with Gasteiger partial charge in [-0.3, -0.25) is 4.79 Å². The maximum atomic E-state index is 12.5. The third-order valence-electron chi connectivity index (χ3n) is 3.98. The van der Waals surface area contributed by atoms with Crippen LogP contribution < -0.4 is 5.32 Å². The molecular formula is C14H24N2O5. The summed E-state index contributed by atoms with van der Waals surface area (Å²) in [6.45, 7) is 4.20. The van der Waals surface area contributed by atoms with Crippen LogP contribution >= 0.6 is 0 Å². The molecule has 0 aromatic rings. The second-order valence-corrected chi connectivity index (χ2v) is 5.61. The summed E-state index contributed by atoms with van der Waals surface area (Å²) in [5.74, 6) is -1.56. The van der Waals surface area contributed by atoms with Gasteiger partial charge in [0.25, 0.3) is 0 Å². The lowest BCUT2D eigenvalue weighted by Crippen LogP contribution is -2.54. The number of hydrogen-bond donors (Lipinski definition) is 2. The van der Waals surface area contributed by atoms with Crippen molar-refractivity contribution < 1.29 is 24.2 Å². The lowest BCUT2D eigenvalue weighted by Gasteiger charge is -2.33. The molecule has 2 fully saturated rings. The molecule has 2 saturated heterocycles. The van der Waals surface area contributed by atoms with Gasteiger partial charge in [-0.1, -0.05) is 6.92 Å². The highest BCUT2D eigenvalue weighted by Crippen LogP contribution is 2.21. The Bertz CT molecular complexity index is 370. The number of nitrogens with zero attached hydrogens (tertiary/aromatic N) is 1. The number of nitrogens with one attached hydrogen (secondary N) is 1. The molecule has 0 aromatic carbocycles. The number of carbonyl (C=O) groups excluding carboxylic acids is 1. The molecule has 0 spiro atoms. The molecule has 0 saturated carbocycles. The van der Waals surface area contributed by atoms with E-state index >= 15 is 0 Å². The molecule has 3 unspecified atom stereocenters. The summed E-state index contributed by atoms with van der Waals surface area (Å²) in [5.41, 5.74) is 0. The first-order chi connectivity index (χ1) is 10.1. The van der Waals surface area contributed by atoms with Crippen molar-refractivity contribution in [3.63, 3.8) is 0 Å². The molecular weight excluding hydrogens is 276 g/mol. The van der Waals surface area contributed by atoms with Crippen molar-refractivity contribution in [2.45, 2.75) is 38.3 Å². The SMILES string of the molecule is CCCN(C(=O)NC1CCCOC1)C1COCC1C(=O)O. The van der Waals surface area contributed by atoms with Crippen molar-refractivity contribution in [1.29, 1.82) is 0 Å². The zero-order valence-corrected chi connectivity index (χ0v) is 12.4. The Morgan fingerprint density at radius 2 is 2.10 bits per heavy atom. The highest BCUT2D eigenvalue weighted by atomic mass is 16.5. The van der Waals surface area contributed by atoms with Crippen molar-refractivity contribution in [3.8, 4) is 0 Å². The molecule has 3 atom stereocenters. The summed E-state index contributed by atoms with van der Waals surface area (Å²) >= 11 is 0. The number of urea groups is 1. The van der Waals surface area contributed by atoms with Crippen LogP contribution in [0.5, 0.6) is 0 Å². The number of ether oxygens (including phenoxy) is 2. The van der Waals surface area contributed by atoms with Gasteiger partial charge in [-0.2, -0.15) is 0 Å². The Morgan fingerprint density at radius 3 is 2.71 bits per heavy atom. The number of carboxylic acids is 1. The normalized spacial score (nSPS) is 29.1. The van der Waals surface area contributed by atoms with Crippen LogP contribution in [0.25, 0.3) is 0 Å². The van der Waals surface area contributed by atoms with Crippen LogP contribution in [-0.2, 0) is 14.3 Å². The fraction of sp³-hybridized carbons (Fsp3) is 0.857. The fourth-order valence-corrected chi connectivity index (χ4v) is 2.86. The summed E-state index contributed by atoms with van der Waals surface area (Å²) in [5, 5.41) is 12.2. The molecule has 2 aliphatic heterocycles. The predicted octanol–water partition coefficient (Wildman–Crippen LogP) is 0.687. The van der Waals surface area contributed by atoms with Gasteiger partial charge in [0, 0.05) is 13.2 Å². The Kier molecular flexibility index (Phi) is 5.81. The number of amides is 2. The molecule has 21 heavy (non-hydrogen) atoms. The quantitative estimate of drug-likeness (QED) is 0.780. The van der Waals surface area contributed by atoms with E-state index in [1.165, 1.54) is 0 Å². The molecule has 2 N–H and O–H groups in total. The van der Waals surface area contributed by atoms with Crippen LogP contribution in [0.3, 0.4) is 0 Å². The molecule has 2 amide bonds. The summed E-state index contributed by atoms with van der Waals surface area (Å²) in [4.78, 5) is 25.4. The lowest BCUT2D eigenvalue weighted by atomic mass is 10.0. The zero-order chi connectivity index (χ0) is 15.2. The second-order valence-electron chi connectivity index (χ2n) is 5.61. The number of aliphatic carboxylic acids is 1. The summed E-state index contributed by atoms with van der Waals surface area (Å²) < 4.78 is 10.6. The number of carboxylic acid groups (broad SMARTS) is 1. The van der Waals surface area contributed by atoms with E-state index in [1.807, 2.05) is 6.92 Å². The van der Waals surface area contributed by atoms with Crippen molar-refractivity contribution in [3.05, 3.63) is 0 Å². The van der Waals surface area contributed by atoms with Gasteiger partial charge < -0.3 is 24.8 Å². The largest absolute Gasteiger partial charge is 0.481 e. The average molecular weight is 300 g/mol. The number of carbonyl (C=O) groups is 2. The van der Waals surface area contributed by atoms with Crippen molar-refractivity contribution in [2.24, 2.45) is 5.92 Å². The summed E-state index contributed by atoms with van der Waals surface area (Å²) in [6, 6.07) is -0.600. The summed E-state index contributed by atoms with van der Waals surface area (Å²) in [7, 11) is 0. The Morgan fingerprint density at radius 1 is 1.29 bits per heavy atom. The van der Waals surface area contributed by atoms with E-state index in [1.54, 1.807) is 4.90 Å². The van der Waals surface area contributed by atoms with Gasteiger partial charge in [0.05, 0.1) is 31.9 Å². The number of hydrogen-bond acceptors (Lipinski definition) is 4. The van der Waals surface area contributed by atoms with Gasteiger partial charge >= 0.3 is 12.0 Å². The van der Waals surface area contributed by atoms with E-state index in [0.29, 0.717) is 13.2 Å². The molecule has 2 rings (SSSR count). The highest BCUT2D eigenvalue weighted by molar-refractivity contribution is 5.77. The molecule has 2 aliphatic rings. The summed E-state index contributed by atoms with van der Waals surface area (Å²) in [6.07, 6.45) is 2.61. The minimum absolute atomic E-state index is 0.0104. The first kappa shape index (κ1) is 16.0. The van der Waals surface area contributed by atoms with Gasteiger partial charge in [0.15, 0.2) is 0 Å². The van der Waals surface area contributed by atoms with Crippen LogP contribution in [0.4, 0.5) is 4.79 Å². The van der Waals surface area contributed by atoms with Gasteiger partial charge in [-0.05, 0) is 19.3 Å². The highest BCUT2D eigenvalue weighted by Gasteiger charge is 2.40. The molecule has 0 radical (unpaired) electrons. The van der Waals surface area contributed by atoms with E-state index < -0.39 is 17.9 Å². The third kappa shape index (κ3) is 4.07. The van der Waals surface area contributed by atoms with Crippen LogP contribution in [0, 0.1) is 5.92 Å². The average Bonchev–Trinajstić information content (AvgIpc) is 2.95. The third-order valence-corrected chi connectivity index (χ3v) is 3.98. The maximum absolute atomic E-state index is 12.5. The van der Waals surface area contributed by atoms with Gasteiger partial charge in [-0.15, -0.1) is 0 Å². The monoisotopic (exact) mass is 300 g/mol. The molecule has 0 bridgehead atoms. The predicted molar refractivity (Wildman–Crippen MR) is 75.1 cm³/mol. The van der Waals surface area contributed by atoms with E-state index in [2.05, 4.69) is 5.32 Å². The van der Waals surface area contributed by atoms with Crippen LogP contribution in [0.2, 0.25) is 0 Å². The van der Waals surface area contributed by atoms with Crippen molar-refractivity contribution in [1.82, 2.24) is 10.2 Å². The smallest absolute Gasteiger partial charge is 0.318 e. The van der Waals surface area contributed by atoms with E-state index in [-0.39, 0.29) is 25.3 Å². The van der Waals surface area contributed by atoms with Gasteiger partial charge in [-0.25, -0.2) is 4.79 Å². The topological polar surface area (TPSA) is 88.1 Å².